The van der Waals surface area contributed by atoms with Gasteiger partial charge < -0.3 is 10.5 Å². The minimum absolute atomic E-state index is 0.0483. The van der Waals surface area contributed by atoms with Crippen molar-refractivity contribution in [2.75, 3.05) is 0 Å². The van der Waals surface area contributed by atoms with Gasteiger partial charge in [-0.25, -0.2) is 0 Å². The Kier molecular flexibility index (Phi) is 1.97. The van der Waals surface area contributed by atoms with Crippen molar-refractivity contribution in [2.24, 2.45) is 5.73 Å². The highest BCUT2D eigenvalue weighted by Gasteiger charge is 2.29. The van der Waals surface area contributed by atoms with E-state index in [1.807, 2.05) is 26.0 Å². The first-order valence-electron chi connectivity index (χ1n) is 4.32. The Labute approximate surface area is 82.6 Å². The smallest absolute Gasteiger partial charge is 0.127 e. The number of aryl methyl sites for hydroxylation is 1. The molecule has 0 saturated heterocycles. The third-order valence-corrected chi connectivity index (χ3v) is 2.65. The van der Waals surface area contributed by atoms with Gasteiger partial charge in [-0.05, 0) is 31.5 Å². The molecular weight excluding hydrogens is 186 g/mol. The molecule has 0 saturated carbocycles. The van der Waals surface area contributed by atoms with Gasteiger partial charge in [0.15, 0.2) is 0 Å². The Morgan fingerprint density at radius 1 is 1.46 bits per heavy atom. The van der Waals surface area contributed by atoms with Gasteiger partial charge in [-0.2, -0.15) is 0 Å². The van der Waals surface area contributed by atoms with Crippen molar-refractivity contribution in [3.05, 3.63) is 28.3 Å². The first kappa shape index (κ1) is 8.85. The second kappa shape index (κ2) is 2.89. The zero-order chi connectivity index (χ0) is 9.59. The summed E-state index contributed by atoms with van der Waals surface area (Å²) >= 11 is 5.93. The summed E-state index contributed by atoms with van der Waals surface area (Å²) in [6.07, 6.45) is 0.0483. The minimum atomic E-state index is -0.0487. The molecule has 3 heteroatoms. The van der Waals surface area contributed by atoms with Crippen molar-refractivity contribution in [3.63, 3.8) is 0 Å². The monoisotopic (exact) mass is 197 g/mol. The first-order chi connectivity index (χ1) is 6.09. The van der Waals surface area contributed by atoms with Gasteiger partial charge in [0.1, 0.15) is 11.9 Å². The maximum atomic E-state index is 5.94. The van der Waals surface area contributed by atoms with E-state index in [1.165, 1.54) is 0 Å². The lowest BCUT2D eigenvalue weighted by Crippen LogP contribution is -2.21. The molecule has 2 N–H and O–H groups in total. The molecule has 1 aromatic rings. The highest BCUT2D eigenvalue weighted by Crippen LogP contribution is 2.39. The Hall–Kier alpha value is -0.730. The maximum Gasteiger partial charge on any atom is 0.127 e. The molecular formula is C10H12ClNO. The zero-order valence-electron chi connectivity index (χ0n) is 7.67. The van der Waals surface area contributed by atoms with Gasteiger partial charge in [0.2, 0.25) is 0 Å². The Morgan fingerprint density at radius 3 is 2.85 bits per heavy atom. The molecule has 1 aliphatic rings. The number of hydrogen-bond acceptors (Lipinski definition) is 2. The van der Waals surface area contributed by atoms with Crippen molar-refractivity contribution < 1.29 is 4.74 Å². The van der Waals surface area contributed by atoms with Crippen LogP contribution in [0.25, 0.3) is 0 Å². The average Bonchev–Trinajstić information content (AvgIpc) is 2.32. The summed E-state index contributed by atoms with van der Waals surface area (Å²) < 4.78 is 5.62. The number of fused-ring (bicyclic) bond motifs is 1. The van der Waals surface area contributed by atoms with Crippen LogP contribution in [0.4, 0.5) is 0 Å². The predicted molar refractivity (Wildman–Crippen MR) is 53.2 cm³/mol. The van der Waals surface area contributed by atoms with Crippen LogP contribution in [0.2, 0.25) is 5.02 Å². The van der Waals surface area contributed by atoms with Crippen LogP contribution < -0.4 is 10.5 Å². The van der Waals surface area contributed by atoms with Gasteiger partial charge in [-0.3, -0.25) is 0 Å². The van der Waals surface area contributed by atoms with E-state index in [2.05, 4.69) is 0 Å². The fraction of sp³-hybridized carbons (Fsp3) is 0.400. The summed E-state index contributed by atoms with van der Waals surface area (Å²) in [6, 6.07) is 3.73. The van der Waals surface area contributed by atoms with Crippen LogP contribution in [-0.2, 0) is 0 Å². The minimum Gasteiger partial charge on any atom is -0.488 e. The van der Waals surface area contributed by atoms with E-state index in [0.717, 1.165) is 21.9 Å². The van der Waals surface area contributed by atoms with Crippen molar-refractivity contribution in [1.29, 1.82) is 0 Å². The molecule has 0 fully saturated rings. The molecule has 1 heterocycles. The third-order valence-electron chi connectivity index (χ3n) is 2.44. The van der Waals surface area contributed by atoms with Gasteiger partial charge in [0, 0.05) is 10.6 Å². The van der Waals surface area contributed by atoms with E-state index in [4.69, 9.17) is 22.1 Å². The van der Waals surface area contributed by atoms with Gasteiger partial charge >= 0.3 is 0 Å². The molecule has 70 valence electrons. The molecule has 0 amide bonds. The van der Waals surface area contributed by atoms with Crippen LogP contribution in [0.5, 0.6) is 5.75 Å². The Morgan fingerprint density at radius 2 is 2.15 bits per heavy atom. The van der Waals surface area contributed by atoms with Gasteiger partial charge in [0.05, 0.1) is 6.04 Å². The molecule has 0 bridgehead atoms. The summed E-state index contributed by atoms with van der Waals surface area (Å²) in [5.41, 5.74) is 8.03. The van der Waals surface area contributed by atoms with Crippen LogP contribution in [0.15, 0.2) is 12.1 Å². The lowest BCUT2D eigenvalue weighted by molar-refractivity contribution is 0.227. The molecule has 0 radical (unpaired) electrons. The number of rotatable bonds is 0. The number of halogens is 1. The molecule has 2 rings (SSSR count). The standard InChI is InChI=1S/C10H12ClNO/c1-5-3-7(11)4-8-9(12)6(2)13-10(5)8/h3-4,6,9H,12H2,1-2H3. The van der Waals surface area contributed by atoms with Crippen molar-refractivity contribution in [1.82, 2.24) is 0 Å². The quantitative estimate of drug-likeness (QED) is 0.694. The summed E-state index contributed by atoms with van der Waals surface area (Å²) in [5, 5.41) is 0.726. The lowest BCUT2D eigenvalue weighted by Gasteiger charge is -2.07. The van der Waals surface area contributed by atoms with Crippen LogP contribution in [0.1, 0.15) is 24.1 Å². The Bertz CT molecular complexity index is 351. The summed E-state index contributed by atoms with van der Waals surface area (Å²) in [7, 11) is 0. The predicted octanol–water partition coefficient (Wildman–Crippen LogP) is 2.43. The van der Waals surface area contributed by atoms with Gasteiger partial charge in [0.25, 0.3) is 0 Å². The first-order valence-corrected chi connectivity index (χ1v) is 4.69. The van der Waals surface area contributed by atoms with E-state index < -0.39 is 0 Å². The number of nitrogens with two attached hydrogens (primary N) is 1. The SMILES string of the molecule is Cc1cc(Cl)cc2c1OC(C)C2N. The molecule has 0 spiro atoms. The zero-order valence-corrected chi connectivity index (χ0v) is 8.43. The van der Waals surface area contributed by atoms with Crippen LogP contribution in [-0.4, -0.2) is 6.10 Å². The van der Waals surface area contributed by atoms with Gasteiger partial charge in [-0.1, -0.05) is 11.6 Å². The average molecular weight is 198 g/mol. The van der Waals surface area contributed by atoms with Crippen molar-refractivity contribution >= 4 is 11.6 Å². The molecule has 2 nitrogen and oxygen atoms in total. The highest BCUT2D eigenvalue weighted by molar-refractivity contribution is 6.30. The summed E-state index contributed by atoms with van der Waals surface area (Å²) in [4.78, 5) is 0. The van der Waals surface area contributed by atoms with Gasteiger partial charge in [-0.15, -0.1) is 0 Å². The largest absolute Gasteiger partial charge is 0.488 e. The molecule has 2 atom stereocenters. The van der Waals surface area contributed by atoms with Crippen LogP contribution >= 0.6 is 11.6 Å². The van der Waals surface area contributed by atoms with E-state index >= 15 is 0 Å². The van der Waals surface area contributed by atoms with E-state index in [-0.39, 0.29) is 12.1 Å². The molecule has 0 aromatic heterocycles. The van der Waals surface area contributed by atoms with Crippen LogP contribution in [0, 0.1) is 6.92 Å². The number of hydrogen-bond donors (Lipinski definition) is 1. The fourth-order valence-corrected chi connectivity index (χ4v) is 1.96. The number of benzene rings is 1. The third kappa shape index (κ3) is 1.30. The van der Waals surface area contributed by atoms with Crippen molar-refractivity contribution in [3.8, 4) is 5.75 Å². The fourth-order valence-electron chi connectivity index (χ4n) is 1.68. The summed E-state index contributed by atoms with van der Waals surface area (Å²) in [6.45, 7) is 3.95. The second-order valence-electron chi connectivity index (χ2n) is 3.49. The summed E-state index contributed by atoms with van der Waals surface area (Å²) in [5.74, 6) is 0.907. The molecule has 2 unspecified atom stereocenters. The molecule has 0 aliphatic carbocycles. The van der Waals surface area contributed by atoms with Crippen LogP contribution in [0.3, 0.4) is 0 Å². The molecule has 1 aromatic carbocycles. The van der Waals surface area contributed by atoms with E-state index in [9.17, 15) is 0 Å². The lowest BCUT2D eigenvalue weighted by atomic mass is 10.0. The Balaban J connectivity index is 2.57. The molecule has 13 heavy (non-hydrogen) atoms. The number of ether oxygens (including phenoxy) is 1. The topological polar surface area (TPSA) is 35.2 Å². The van der Waals surface area contributed by atoms with E-state index in [0.29, 0.717) is 0 Å². The maximum absolute atomic E-state index is 5.94. The highest BCUT2D eigenvalue weighted by atomic mass is 35.5. The van der Waals surface area contributed by atoms with Crippen molar-refractivity contribution in [2.45, 2.75) is 26.0 Å². The normalized spacial score (nSPS) is 25.5. The van der Waals surface area contributed by atoms with E-state index in [1.54, 1.807) is 0 Å². The second-order valence-corrected chi connectivity index (χ2v) is 3.93. The molecule has 1 aliphatic heterocycles.